The fraction of sp³-hybridized carbons (Fsp3) is 0.148. The molecule has 176 valence electrons. The van der Waals surface area contributed by atoms with Crippen LogP contribution in [-0.4, -0.2) is 23.3 Å². The number of methoxy groups -OCH3 is 1. The Balaban J connectivity index is 1.66. The number of nitrogens with zero attached hydrogens (tertiary/aromatic N) is 3. The topological polar surface area (TPSA) is 80.5 Å². The predicted molar refractivity (Wildman–Crippen MR) is 130 cm³/mol. The highest BCUT2D eigenvalue weighted by Crippen LogP contribution is 2.39. The number of nitrogens with one attached hydrogen (secondary N) is 1. The number of halogens is 1. The van der Waals surface area contributed by atoms with Gasteiger partial charge < -0.3 is 14.6 Å². The van der Waals surface area contributed by atoms with Crippen molar-refractivity contribution in [3.8, 4) is 17.1 Å². The molecule has 8 heteroatoms. The average Bonchev–Trinajstić information content (AvgIpc) is 3.35. The SMILES string of the molecule is COc1cccc(C2NC(=O)N(c3ccc(F)cc3)C(C)=C2c2nc(-c3cccc(C)c3)no2)c1. The highest BCUT2D eigenvalue weighted by Gasteiger charge is 2.36. The Labute approximate surface area is 201 Å². The number of hydrogen-bond donors (Lipinski definition) is 1. The lowest BCUT2D eigenvalue weighted by molar-refractivity contribution is 0.244. The highest BCUT2D eigenvalue weighted by atomic mass is 19.1. The van der Waals surface area contributed by atoms with E-state index < -0.39 is 6.04 Å². The number of hydrogen-bond acceptors (Lipinski definition) is 5. The molecule has 35 heavy (non-hydrogen) atoms. The first-order valence-electron chi connectivity index (χ1n) is 11.1. The number of allylic oxidation sites excluding steroid dienone is 1. The monoisotopic (exact) mass is 470 g/mol. The van der Waals surface area contributed by atoms with Crippen LogP contribution in [0.1, 0.15) is 30.0 Å². The molecule has 0 bridgehead atoms. The number of urea groups is 1. The molecule has 0 saturated heterocycles. The molecule has 1 aliphatic heterocycles. The largest absolute Gasteiger partial charge is 0.497 e. The van der Waals surface area contributed by atoms with Crippen LogP contribution in [0.5, 0.6) is 5.75 Å². The van der Waals surface area contributed by atoms with Gasteiger partial charge >= 0.3 is 6.03 Å². The van der Waals surface area contributed by atoms with Crippen LogP contribution in [0.25, 0.3) is 17.0 Å². The molecule has 0 radical (unpaired) electrons. The molecule has 2 heterocycles. The lowest BCUT2D eigenvalue weighted by Crippen LogP contribution is -2.46. The number of aryl methyl sites for hydroxylation is 1. The zero-order valence-corrected chi connectivity index (χ0v) is 19.4. The van der Waals surface area contributed by atoms with E-state index in [1.165, 1.54) is 17.0 Å². The summed E-state index contributed by atoms with van der Waals surface area (Å²) in [5.41, 5.74) is 4.43. The predicted octanol–water partition coefficient (Wildman–Crippen LogP) is 5.89. The summed E-state index contributed by atoms with van der Waals surface area (Å²) in [6, 6.07) is 20.0. The van der Waals surface area contributed by atoms with E-state index in [4.69, 9.17) is 9.26 Å². The van der Waals surface area contributed by atoms with Gasteiger partial charge in [0.25, 0.3) is 5.89 Å². The fourth-order valence-electron chi connectivity index (χ4n) is 4.23. The Morgan fingerprint density at radius 1 is 1.03 bits per heavy atom. The Bertz CT molecular complexity index is 1430. The van der Waals surface area contributed by atoms with Crippen LogP contribution in [0, 0.1) is 12.7 Å². The van der Waals surface area contributed by atoms with Gasteiger partial charge in [0.05, 0.1) is 24.4 Å². The summed E-state index contributed by atoms with van der Waals surface area (Å²) in [5, 5.41) is 7.24. The zero-order chi connectivity index (χ0) is 24.5. The quantitative estimate of drug-likeness (QED) is 0.393. The second-order valence-corrected chi connectivity index (χ2v) is 8.26. The summed E-state index contributed by atoms with van der Waals surface area (Å²) in [7, 11) is 1.59. The van der Waals surface area contributed by atoms with Gasteiger partial charge in [-0.1, -0.05) is 41.1 Å². The van der Waals surface area contributed by atoms with Gasteiger partial charge in [-0.05, 0) is 61.9 Å². The van der Waals surface area contributed by atoms with Gasteiger partial charge in [0, 0.05) is 11.3 Å². The number of aromatic nitrogens is 2. The molecule has 1 N–H and O–H groups in total. The lowest BCUT2D eigenvalue weighted by Gasteiger charge is -2.35. The first kappa shape index (κ1) is 22.3. The van der Waals surface area contributed by atoms with Crippen LogP contribution in [0.4, 0.5) is 14.9 Å². The van der Waals surface area contributed by atoms with Crippen molar-refractivity contribution in [2.24, 2.45) is 0 Å². The third-order valence-electron chi connectivity index (χ3n) is 5.93. The molecule has 7 nitrogen and oxygen atoms in total. The average molecular weight is 471 g/mol. The summed E-state index contributed by atoms with van der Waals surface area (Å²) < 4.78 is 24.7. The van der Waals surface area contributed by atoms with Crippen molar-refractivity contribution in [3.63, 3.8) is 0 Å². The lowest BCUT2D eigenvalue weighted by atomic mass is 9.94. The standard InChI is InChI=1S/C27H23FN4O3/c1-16-6-4-8-19(14-16)25-30-26(35-31-25)23-17(2)32(21-12-10-20(28)11-13-21)27(33)29-24(23)18-7-5-9-22(15-18)34-3/h4-15,24H,1-3H3,(H,29,33). The maximum atomic E-state index is 13.6. The maximum absolute atomic E-state index is 13.6. The van der Waals surface area contributed by atoms with Crippen molar-refractivity contribution >= 4 is 17.3 Å². The second-order valence-electron chi connectivity index (χ2n) is 8.26. The van der Waals surface area contributed by atoms with Gasteiger partial charge in [0.15, 0.2) is 0 Å². The molecule has 1 unspecified atom stereocenters. The molecule has 2 amide bonds. The normalized spacial score (nSPS) is 15.8. The van der Waals surface area contributed by atoms with Gasteiger partial charge in [-0.25, -0.2) is 9.18 Å². The van der Waals surface area contributed by atoms with Crippen molar-refractivity contribution in [1.82, 2.24) is 15.5 Å². The Morgan fingerprint density at radius 2 is 1.80 bits per heavy atom. The summed E-state index contributed by atoms with van der Waals surface area (Å²) >= 11 is 0. The van der Waals surface area contributed by atoms with Gasteiger partial charge in [0.2, 0.25) is 5.82 Å². The molecule has 0 saturated carbocycles. The van der Waals surface area contributed by atoms with E-state index in [0.29, 0.717) is 28.5 Å². The molecule has 4 aromatic rings. The molecular weight excluding hydrogens is 447 g/mol. The van der Waals surface area contributed by atoms with Crippen LogP contribution in [0.15, 0.2) is 83.0 Å². The molecule has 3 aromatic carbocycles. The van der Waals surface area contributed by atoms with Crippen molar-refractivity contribution < 1.29 is 18.4 Å². The number of ether oxygens (including phenoxy) is 1. The number of benzene rings is 3. The molecule has 0 fully saturated rings. The van der Waals surface area contributed by atoms with E-state index in [9.17, 15) is 9.18 Å². The molecule has 1 aromatic heterocycles. The summed E-state index contributed by atoms with van der Waals surface area (Å²) in [6.07, 6.45) is 0. The van der Waals surface area contributed by atoms with E-state index in [0.717, 1.165) is 16.7 Å². The molecular formula is C27H23FN4O3. The Hall–Kier alpha value is -4.46. The molecule has 0 spiro atoms. The van der Waals surface area contributed by atoms with Crippen molar-refractivity contribution in [1.29, 1.82) is 0 Å². The minimum atomic E-state index is -0.569. The van der Waals surface area contributed by atoms with Crippen molar-refractivity contribution in [2.45, 2.75) is 19.9 Å². The summed E-state index contributed by atoms with van der Waals surface area (Å²) in [5.74, 6) is 0.986. The maximum Gasteiger partial charge on any atom is 0.326 e. The number of amides is 2. The van der Waals surface area contributed by atoms with Crippen LogP contribution < -0.4 is 15.0 Å². The van der Waals surface area contributed by atoms with E-state index in [1.807, 2.05) is 55.5 Å². The minimum Gasteiger partial charge on any atom is -0.497 e. The van der Waals surface area contributed by atoms with Crippen LogP contribution in [0.3, 0.4) is 0 Å². The Kier molecular flexibility index (Phi) is 5.78. The highest BCUT2D eigenvalue weighted by molar-refractivity contribution is 6.01. The summed E-state index contributed by atoms with van der Waals surface area (Å²) in [4.78, 5) is 19.4. The van der Waals surface area contributed by atoms with Gasteiger partial charge in [-0.3, -0.25) is 4.90 Å². The van der Waals surface area contributed by atoms with Crippen molar-refractivity contribution in [2.75, 3.05) is 12.0 Å². The Morgan fingerprint density at radius 3 is 2.54 bits per heavy atom. The molecule has 5 rings (SSSR count). The second kappa shape index (κ2) is 9.06. The summed E-state index contributed by atoms with van der Waals surface area (Å²) in [6.45, 7) is 3.80. The van der Waals surface area contributed by atoms with Gasteiger partial charge in [-0.15, -0.1) is 0 Å². The number of carbonyl (C=O) groups is 1. The molecule has 1 aliphatic rings. The van der Waals surface area contributed by atoms with Gasteiger partial charge in [-0.2, -0.15) is 4.98 Å². The first-order valence-corrected chi connectivity index (χ1v) is 11.1. The van der Waals surface area contributed by atoms with E-state index in [2.05, 4.69) is 15.5 Å². The van der Waals surface area contributed by atoms with Crippen LogP contribution >= 0.6 is 0 Å². The van der Waals surface area contributed by atoms with Crippen LogP contribution in [0.2, 0.25) is 0 Å². The fourth-order valence-corrected chi connectivity index (χ4v) is 4.23. The minimum absolute atomic E-state index is 0.277. The third kappa shape index (κ3) is 4.26. The number of anilines is 1. The number of carbonyl (C=O) groups excluding carboxylic acids is 1. The number of rotatable bonds is 5. The molecule has 1 atom stereocenters. The van der Waals surface area contributed by atoms with Crippen molar-refractivity contribution in [3.05, 3.63) is 101 Å². The van der Waals surface area contributed by atoms with Gasteiger partial charge in [0.1, 0.15) is 11.6 Å². The third-order valence-corrected chi connectivity index (χ3v) is 5.93. The zero-order valence-electron chi connectivity index (χ0n) is 19.4. The van der Waals surface area contributed by atoms with E-state index in [1.54, 1.807) is 26.2 Å². The van der Waals surface area contributed by atoms with E-state index in [-0.39, 0.29) is 17.7 Å². The first-order chi connectivity index (χ1) is 16.9. The van der Waals surface area contributed by atoms with E-state index >= 15 is 0 Å². The smallest absolute Gasteiger partial charge is 0.326 e. The molecule has 0 aliphatic carbocycles. The van der Waals surface area contributed by atoms with Crippen LogP contribution in [-0.2, 0) is 0 Å².